The molecule has 5 aromatic rings. The van der Waals surface area contributed by atoms with Crippen LogP contribution in [0.15, 0.2) is 49.3 Å². The van der Waals surface area contributed by atoms with Gasteiger partial charge in [-0.25, -0.2) is 9.97 Å². The number of carboxylic acid groups (broad SMARTS) is 1. The fourth-order valence-corrected chi connectivity index (χ4v) is 5.54. The third-order valence-corrected chi connectivity index (χ3v) is 8.55. The number of carbonyl (C=O) groups is 8. The molecule has 5 aromatic heterocycles. The number of aliphatic carboxylic acids is 1. The molecule has 0 atom stereocenters. The van der Waals surface area contributed by atoms with Crippen LogP contribution in [0.3, 0.4) is 0 Å². The van der Waals surface area contributed by atoms with Gasteiger partial charge in [0.1, 0.15) is 11.6 Å². The van der Waals surface area contributed by atoms with E-state index >= 15 is 0 Å². The van der Waals surface area contributed by atoms with Gasteiger partial charge in [-0.05, 0) is 0 Å². The molecule has 0 aliphatic carbocycles. The van der Waals surface area contributed by atoms with E-state index < -0.39 is 47.3 Å². The Labute approximate surface area is 340 Å². The zero-order valence-corrected chi connectivity index (χ0v) is 33.2. The zero-order chi connectivity index (χ0) is 43.7. The summed E-state index contributed by atoms with van der Waals surface area (Å²) in [5, 5.41) is 27.1. The van der Waals surface area contributed by atoms with E-state index in [9.17, 15) is 38.4 Å². The van der Waals surface area contributed by atoms with E-state index in [0.717, 1.165) is 0 Å². The van der Waals surface area contributed by atoms with Crippen LogP contribution in [-0.2, 0) is 64.0 Å². The highest BCUT2D eigenvalue weighted by Gasteiger charge is 2.20. The van der Waals surface area contributed by atoms with Gasteiger partial charge in [0.05, 0.1) is 17.8 Å². The summed E-state index contributed by atoms with van der Waals surface area (Å²) in [5.41, 5.74) is 0.753. The fourth-order valence-electron chi connectivity index (χ4n) is 5.54. The number of carboxylic acids is 1. The second-order valence-corrected chi connectivity index (χ2v) is 13.5. The molecule has 24 nitrogen and oxygen atoms in total. The standard InChI is InChI=1S/C36H43N15O9/c1-47-13-12-37-32(47)34(59)38-20-14-24(48(2)16-20)44-28(54)8-6-26(52)40-22-18-50(4)33(42-22)35(60)39-21-15-25(49(3)17-21)45-29(55)9-7-27(53)41-23-19-51(5)36(43-23)46-30(56)10-11-31(57)58/h12-19H,6-11H2,1-5H3,(H,38,59)(H,39,60)(H,40,52)(H,41,53)(H,44,54)(H,45,55)(H,57,58)(H,43,46,56). The zero-order valence-electron chi connectivity index (χ0n) is 33.2. The Kier molecular flexibility index (Phi) is 13.6. The quantitative estimate of drug-likeness (QED) is 0.0625. The van der Waals surface area contributed by atoms with Gasteiger partial charge < -0.3 is 59.8 Å². The van der Waals surface area contributed by atoms with E-state index in [2.05, 4.69) is 52.2 Å². The van der Waals surface area contributed by atoms with Crippen molar-refractivity contribution in [1.82, 2.24) is 37.8 Å². The van der Waals surface area contributed by atoms with Gasteiger partial charge in [-0.3, -0.25) is 43.7 Å². The van der Waals surface area contributed by atoms with Gasteiger partial charge in [0.2, 0.25) is 41.3 Å². The molecule has 5 heterocycles. The molecule has 0 aliphatic heterocycles. The third-order valence-electron chi connectivity index (χ3n) is 8.55. The first-order valence-corrected chi connectivity index (χ1v) is 18.1. The molecule has 0 fully saturated rings. The summed E-state index contributed by atoms with van der Waals surface area (Å²) in [6.07, 6.45) is 7.83. The van der Waals surface area contributed by atoms with Crippen LogP contribution in [0.1, 0.15) is 59.8 Å². The normalized spacial score (nSPS) is 10.8. The number of imidazole rings is 3. The maximum Gasteiger partial charge on any atom is 0.303 e. The lowest BCUT2D eigenvalue weighted by Crippen LogP contribution is -2.19. The number of nitrogens with one attached hydrogen (secondary N) is 7. The number of nitrogens with zero attached hydrogens (tertiary/aromatic N) is 8. The molecular formula is C36H43N15O9. The summed E-state index contributed by atoms with van der Waals surface area (Å²) >= 11 is 0. The molecule has 0 bridgehead atoms. The van der Waals surface area contributed by atoms with Crippen molar-refractivity contribution in [3.63, 3.8) is 0 Å². The van der Waals surface area contributed by atoms with Gasteiger partial charge in [-0.2, -0.15) is 4.98 Å². The van der Waals surface area contributed by atoms with Gasteiger partial charge in [-0.15, -0.1) is 0 Å². The lowest BCUT2D eigenvalue weighted by Gasteiger charge is -2.06. The number of aryl methyl sites for hydroxylation is 5. The molecule has 0 radical (unpaired) electrons. The Morgan fingerprint density at radius 1 is 0.500 bits per heavy atom. The summed E-state index contributed by atoms with van der Waals surface area (Å²) in [6, 6.07) is 3.07. The number of hydrogen-bond acceptors (Lipinski definition) is 11. The molecule has 0 aliphatic rings. The average Bonchev–Trinajstić information content (AvgIpc) is 3.99. The van der Waals surface area contributed by atoms with Crippen molar-refractivity contribution >= 4 is 87.9 Å². The third kappa shape index (κ3) is 11.7. The van der Waals surface area contributed by atoms with Crippen molar-refractivity contribution in [2.75, 3.05) is 37.2 Å². The topological polar surface area (TPSA) is 304 Å². The second-order valence-electron chi connectivity index (χ2n) is 13.5. The Hall–Kier alpha value is -8.05. The highest BCUT2D eigenvalue weighted by atomic mass is 16.4. The summed E-state index contributed by atoms with van der Waals surface area (Å²) in [6.45, 7) is 0. The van der Waals surface area contributed by atoms with Crippen LogP contribution >= 0.6 is 0 Å². The smallest absolute Gasteiger partial charge is 0.303 e. The number of aromatic nitrogens is 8. The van der Waals surface area contributed by atoms with Crippen molar-refractivity contribution < 1.29 is 43.5 Å². The minimum Gasteiger partial charge on any atom is -0.481 e. The molecule has 0 saturated heterocycles. The highest BCUT2D eigenvalue weighted by Crippen LogP contribution is 2.21. The van der Waals surface area contributed by atoms with Crippen LogP contribution in [0, 0.1) is 0 Å². The average molecular weight is 830 g/mol. The van der Waals surface area contributed by atoms with E-state index in [1.54, 1.807) is 73.6 Å². The molecule has 24 heteroatoms. The molecule has 0 saturated carbocycles. The van der Waals surface area contributed by atoms with E-state index in [4.69, 9.17) is 5.11 Å². The summed E-state index contributed by atoms with van der Waals surface area (Å²) in [5.74, 6) is -3.51. The molecule has 60 heavy (non-hydrogen) atoms. The van der Waals surface area contributed by atoms with E-state index in [-0.39, 0.29) is 67.8 Å². The SMILES string of the molecule is Cn1cc(NC(=O)c2nc(NC(=O)CCC(=O)Nc3cc(NC(=O)c4nccn4C)cn3C)cn2C)cc1NC(=O)CCC(=O)Nc1cn(C)c(NC(=O)CCC(=O)O)n1. The van der Waals surface area contributed by atoms with Gasteiger partial charge in [0.25, 0.3) is 11.8 Å². The van der Waals surface area contributed by atoms with Crippen LogP contribution in [0.4, 0.5) is 40.6 Å². The van der Waals surface area contributed by atoms with E-state index in [0.29, 0.717) is 23.0 Å². The molecule has 7 amide bonds. The molecule has 5 rings (SSSR count). The van der Waals surface area contributed by atoms with Crippen LogP contribution < -0.4 is 37.2 Å². The second kappa shape index (κ2) is 18.9. The monoisotopic (exact) mass is 829 g/mol. The van der Waals surface area contributed by atoms with Gasteiger partial charge >= 0.3 is 5.97 Å². The summed E-state index contributed by atoms with van der Waals surface area (Å²) < 4.78 is 7.56. The number of rotatable bonds is 18. The predicted octanol–water partition coefficient (Wildman–Crippen LogP) is 1.59. The van der Waals surface area contributed by atoms with Crippen molar-refractivity contribution in [2.24, 2.45) is 35.2 Å². The predicted molar refractivity (Wildman–Crippen MR) is 215 cm³/mol. The number of carbonyl (C=O) groups excluding carboxylic acids is 7. The van der Waals surface area contributed by atoms with Crippen molar-refractivity contribution in [2.45, 2.75) is 38.5 Å². The molecule has 8 N–H and O–H groups in total. The van der Waals surface area contributed by atoms with E-state index in [1.807, 2.05) is 0 Å². The lowest BCUT2D eigenvalue weighted by atomic mass is 10.3. The Morgan fingerprint density at radius 3 is 1.45 bits per heavy atom. The fraction of sp³-hybridized carbons (Fsp3) is 0.306. The summed E-state index contributed by atoms with van der Waals surface area (Å²) in [7, 11) is 8.13. The maximum absolute atomic E-state index is 13.1. The van der Waals surface area contributed by atoms with E-state index in [1.165, 1.54) is 33.8 Å². The van der Waals surface area contributed by atoms with Crippen molar-refractivity contribution in [3.8, 4) is 0 Å². The first kappa shape index (κ1) is 43.1. The molecule has 0 unspecified atom stereocenters. The maximum atomic E-state index is 13.1. The lowest BCUT2D eigenvalue weighted by molar-refractivity contribution is -0.138. The summed E-state index contributed by atoms with van der Waals surface area (Å²) in [4.78, 5) is 111. The first-order chi connectivity index (χ1) is 28.4. The highest BCUT2D eigenvalue weighted by molar-refractivity contribution is 6.04. The molecule has 316 valence electrons. The Bertz CT molecular complexity index is 2470. The largest absolute Gasteiger partial charge is 0.481 e. The van der Waals surface area contributed by atoms with Crippen molar-refractivity contribution in [3.05, 3.63) is 61.0 Å². The van der Waals surface area contributed by atoms with Gasteiger partial charge in [-0.1, -0.05) is 0 Å². The number of anilines is 7. The molecular weight excluding hydrogens is 786 g/mol. The van der Waals surface area contributed by atoms with Crippen LogP contribution in [0.5, 0.6) is 0 Å². The number of hydrogen-bond donors (Lipinski definition) is 8. The van der Waals surface area contributed by atoms with Crippen LogP contribution in [-0.4, -0.2) is 90.2 Å². The van der Waals surface area contributed by atoms with Gasteiger partial charge in [0, 0.05) is 117 Å². The minimum absolute atomic E-state index is 0.0430. The van der Waals surface area contributed by atoms with Crippen LogP contribution in [0.2, 0.25) is 0 Å². The van der Waals surface area contributed by atoms with Crippen molar-refractivity contribution in [1.29, 1.82) is 0 Å². The van der Waals surface area contributed by atoms with Crippen LogP contribution in [0.25, 0.3) is 0 Å². The Balaban J connectivity index is 1.04. The molecule has 0 spiro atoms. The number of amides is 7. The Morgan fingerprint density at radius 2 is 0.950 bits per heavy atom. The molecule has 0 aromatic carbocycles. The minimum atomic E-state index is -1.12. The van der Waals surface area contributed by atoms with Gasteiger partial charge in [0.15, 0.2) is 17.5 Å². The first-order valence-electron chi connectivity index (χ1n) is 18.1.